The van der Waals surface area contributed by atoms with Crippen LogP contribution in [-0.2, 0) is 14.8 Å². The molecular formula is C11H13ClN2O3S. The molecule has 18 heavy (non-hydrogen) atoms. The molecule has 7 heteroatoms. The molecule has 0 saturated carbocycles. The van der Waals surface area contributed by atoms with Crippen molar-refractivity contribution in [1.29, 1.82) is 0 Å². The van der Waals surface area contributed by atoms with Gasteiger partial charge in [-0.1, -0.05) is 0 Å². The zero-order valence-corrected chi connectivity index (χ0v) is 11.2. The lowest BCUT2D eigenvalue weighted by atomic mass is 10.2. The number of halogens is 1. The van der Waals surface area contributed by atoms with Crippen molar-refractivity contribution in [3.63, 3.8) is 0 Å². The Kier molecular flexibility index (Phi) is 3.77. The zero-order valence-electron chi connectivity index (χ0n) is 9.60. The largest absolute Gasteiger partial charge is 0.312 e. The lowest BCUT2D eigenvalue weighted by Gasteiger charge is -2.16. The van der Waals surface area contributed by atoms with Gasteiger partial charge in [0.25, 0.3) is 0 Å². The fourth-order valence-electron chi connectivity index (χ4n) is 1.84. The summed E-state index contributed by atoms with van der Waals surface area (Å²) in [5.41, 5.74) is 1.22. The molecular weight excluding hydrogens is 276 g/mol. The highest BCUT2D eigenvalue weighted by Crippen LogP contribution is 2.23. The molecule has 0 unspecified atom stereocenters. The molecule has 1 aromatic carbocycles. The quantitative estimate of drug-likeness (QED) is 0.859. The number of amides is 1. The number of carbonyl (C=O) groups is 1. The Balaban J connectivity index is 2.13. The average molecular weight is 289 g/mol. The van der Waals surface area contributed by atoms with E-state index in [0.29, 0.717) is 18.7 Å². The van der Waals surface area contributed by atoms with Crippen molar-refractivity contribution >= 4 is 38.9 Å². The van der Waals surface area contributed by atoms with Crippen LogP contribution < -0.4 is 9.62 Å². The summed E-state index contributed by atoms with van der Waals surface area (Å²) in [5.74, 6) is 0.101. The highest BCUT2D eigenvalue weighted by Gasteiger charge is 2.21. The van der Waals surface area contributed by atoms with Gasteiger partial charge in [0.15, 0.2) is 0 Å². The van der Waals surface area contributed by atoms with Crippen LogP contribution in [0.1, 0.15) is 12.8 Å². The molecule has 0 bridgehead atoms. The van der Waals surface area contributed by atoms with E-state index in [1.807, 2.05) is 0 Å². The van der Waals surface area contributed by atoms with Crippen LogP contribution in [0.4, 0.5) is 11.4 Å². The summed E-state index contributed by atoms with van der Waals surface area (Å²) in [6.45, 7) is 0.714. The fraction of sp³-hybridized carbons (Fsp3) is 0.364. The number of nitrogens with zero attached hydrogens (tertiary/aromatic N) is 1. The summed E-state index contributed by atoms with van der Waals surface area (Å²) in [4.78, 5) is 13.2. The van der Waals surface area contributed by atoms with E-state index in [9.17, 15) is 13.2 Å². The van der Waals surface area contributed by atoms with Crippen LogP contribution in [0.3, 0.4) is 0 Å². The molecule has 98 valence electrons. The molecule has 1 heterocycles. The predicted molar refractivity (Wildman–Crippen MR) is 71.3 cm³/mol. The topological polar surface area (TPSA) is 66.5 Å². The minimum atomic E-state index is -3.48. The highest BCUT2D eigenvalue weighted by atomic mass is 35.5. The first-order valence-corrected chi connectivity index (χ1v) is 7.67. The molecule has 1 aromatic rings. The van der Waals surface area contributed by atoms with E-state index in [2.05, 4.69) is 4.72 Å². The minimum Gasteiger partial charge on any atom is -0.312 e. The molecule has 1 fully saturated rings. The van der Waals surface area contributed by atoms with Gasteiger partial charge in [-0.15, -0.1) is 11.6 Å². The van der Waals surface area contributed by atoms with Crippen molar-refractivity contribution in [2.45, 2.75) is 12.8 Å². The van der Waals surface area contributed by atoms with E-state index >= 15 is 0 Å². The monoisotopic (exact) mass is 288 g/mol. The molecule has 2 rings (SSSR count). The summed E-state index contributed by atoms with van der Waals surface area (Å²) < 4.78 is 24.8. The van der Waals surface area contributed by atoms with Crippen molar-refractivity contribution in [3.8, 4) is 0 Å². The average Bonchev–Trinajstić information content (AvgIpc) is 2.76. The molecule has 1 amide bonds. The maximum atomic E-state index is 11.5. The Labute approximate surface area is 111 Å². The molecule has 1 saturated heterocycles. The van der Waals surface area contributed by atoms with Crippen molar-refractivity contribution in [2.24, 2.45) is 0 Å². The van der Waals surface area contributed by atoms with Gasteiger partial charge in [-0.2, -0.15) is 0 Å². The van der Waals surface area contributed by atoms with Gasteiger partial charge >= 0.3 is 0 Å². The standard InChI is InChI=1S/C11H13ClN2O3S/c12-8-18(16,17)13-9-3-5-10(6-4-9)14-7-1-2-11(14)15/h3-6,13H,1-2,7-8H2. The molecule has 1 aliphatic rings. The Morgan fingerprint density at radius 3 is 2.44 bits per heavy atom. The molecule has 0 radical (unpaired) electrons. The molecule has 0 aromatic heterocycles. The fourth-order valence-corrected chi connectivity index (χ4v) is 2.55. The zero-order chi connectivity index (χ0) is 13.2. The first-order valence-electron chi connectivity index (χ1n) is 5.49. The van der Waals surface area contributed by atoms with E-state index in [0.717, 1.165) is 12.1 Å². The van der Waals surface area contributed by atoms with E-state index in [1.54, 1.807) is 29.2 Å². The number of hydrogen-bond donors (Lipinski definition) is 1. The Hall–Kier alpha value is -1.27. The normalized spacial score (nSPS) is 16.1. The number of nitrogens with one attached hydrogen (secondary N) is 1. The third-order valence-electron chi connectivity index (χ3n) is 2.67. The lowest BCUT2D eigenvalue weighted by molar-refractivity contribution is -0.117. The van der Waals surface area contributed by atoms with E-state index in [-0.39, 0.29) is 5.91 Å². The van der Waals surface area contributed by atoms with E-state index in [1.165, 1.54) is 0 Å². The second-order valence-electron chi connectivity index (χ2n) is 4.02. The van der Waals surface area contributed by atoms with Crippen molar-refractivity contribution < 1.29 is 13.2 Å². The summed E-state index contributed by atoms with van der Waals surface area (Å²) >= 11 is 5.29. The Morgan fingerprint density at radius 2 is 1.94 bits per heavy atom. The molecule has 0 aliphatic carbocycles. The van der Waals surface area contributed by atoms with E-state index in [4.69, 9.17) is 11.6 Å². The number of carbonyl (C=O) groups excluding carboxylic acids is 1. The van der Waals surface area contributed by atoms with Crippen LogP contribution in [0.5, 0.6) is 0 Å². The van der Waals surface area contributed by atoms with Crippen molar-refractivity contribution in [2.75, 3.05) is 21.4 Å². The van der Waals surface area contributed by atoms with Crippen molar-refractivity contribution in [3.05, 3.63) is 24.3 Å². The summed E-state index contributed by atoms with van der Waals surface area (Å²) in [5, 5.41) is -0.487. The molecule has 0 spiro atoms. The number of sulfonamides is 1. The van der Waals surface area contributed by atoms with Gasteiger partial charge in [0.05, 0.1) is 0 Å². The van der Waals surface area contributed by atoms with Crippen LogP contribution in [0.2, 0.25) is 0 Å². The van der Waals surface area contributed by atoms with Gasteiger partial charge in [-0.3, -0.25) is 9.52 Å². The first kappa shape index (κ1) is 13.2. The molecule has 5 nitrogen and oxygen atoms in total. The third-order valence-corrected chi connectivity index (χ3v) is 4.37. The van der Waals surface area contributed by atoms with Gasteiger partial charge in [-0.25, -0.2) is 8.42 Å². The molecule has 1 N–H and O–H groups in total. The summed E-state index contributed by atoms with van der Waals surface area (Å²) in [7, 11) is -3.48. The van der Waals surface area contributed by atoms with Crippen LogP contribution >= 0.6 is 11.6 Å². The third kappa shape index (κ3) is 2.94. The maximum absolute atomic E-state index is 11.5. The second-order valence-corrected chi connectivity index (χ2v) is 6.33. The SMILES string of the molecule is O=C1CCCN1c1ccc(NS(=O)(=O)CCl)cc1. The van der Waals surface area contributed by atoms with Crippen LogP contribution in [0.25, 0.3) is 0 Å². The van der Waals surface area contributed by atoms with Gasteiger partial charge in [0.1, 0.15) is 5.21 Å². The molecule has 1 aliphatic heterocycles. The number of alkyl halides is 1. The minimum absolute atomic E-state index is 0.101. The van der Waals surface area contributed by atoms with Gasteiger partial charge in [0, 0.05) is 24.3 Å². The number of benzene rings is 1. The molecule has 0 atom stereocenters. The number of hydrogen-bond acceptors (Lipinski definition) is 3. The number of anilines is 2. The first-order chi connectivity index (χ1) is 8.52. The smallest absolute Gasteiger partial charge is 0.246 e. The summed E-state index contributed by atoms with van der Waals surface area (Å²) in [6.07, 6.45) is 1.43. The highest BCUT2D eigenvalue weighted by molar-refractivity contribution is 7.93. The Bertz CT molecular complexity index is 542. The lowest BCUT2D eigenvalue weighted by Crippen LogP contribution is -2.23. The predicted octanol–water partition coefficient (Wildman–Crippen LogP) is 1.75. The van der Waals surface area contributed by atoms with Gasteiger partial charge in [-0.05, 0) is 30.7 Å². The van der Waals surface area contributed by atoms with Crippen LogP contribution in [0.15, 0.2) is 24.3 Å². The van der Waals surface area contributed by atoms with Crippen LogP contribution in [0, 0.1) is 0 Å². The van der Waals surface area contributed by atoms with Gasteiger partial charge in [0.2, 0.25) is 15.9 Å². The van der Waals surface area contributed by atoms with Crippen molar-refractivity contribution in [1.82, 2.24) is 0 Å². The second kappa shape index (κ2) is 5.16. The summed E-state index contributed by atoms with van der Waals surface area (Å²) in [6, 6.07) is 6.67. The number of rotatable bonds is 4. The van der Waals surface area contributed by atoms with E-state index < -0.39 is 15.2 Å². The van der Waals surface area contributed by atoms with Crippen LogP contribution in [-0.4, -0.2) is 26.1 Å². The maximum Gasteiger partial charge on any atom is 0.246 e. The Morgan fingerprint density at radius 1 is 1.28 bits per heavy atom. The van der Waals surface area contributed by atoms with Gasteiger partial charge < -0.3 is 4.90 Å².